The van der Waals surface area contributed by atoms with Crippen molar-refractivity contribution in [2.45, 2.75) is 19.4 Å². The molecule has 0 unspecified atom stereocenters. The van der Waals surface area contributed by atoms with Crippen LogP contribution in [0.25, 0.3) is 11.4 Å². The standard InChI is InChI=1S/C15H21N3O2S/c1-19-11-12-20-10-6-5-9-18-14(16-17-15(18)21)13-7-3-2-4-8-13/h2-4,7-8H,5-6,9-12H2,1H3,(H,17,21). The van der Waals surface area contributed by atoms with Gasteiger partial charge in [-0.3, -0.25) is 5.10 Å². The number of hydrogen-bond donors (Lipinski definition) is 1. The number of aromatic amines is 1. The summed E-state index contributed by atoms with van der Waals surface area (Å²) in [4.78, 5) is 0. The summed E-state index contributed by atoms with van der Waals surface area (Å²) in [5.41, 5.74) is 1.07. The van der Waals surface area contributed by atoms with E-state index >= 15 is 0 Å². The molecule has 0 aliphatic heterocycles. The Hall–Kier alpha value is -1.50. The van der Waals surface area contributed by atoms with Gasteiger partial charge in [-0.15, -0.1) is 0 Å². The summed E-state index contributed by atoms with van der Waals surface area (Å²) in [5.74, 6) is 0.890. The average Bonchev–Trinajstić information content (AvgIpc) is 2.88. The smallest absolute Gasteiger partial charge is 0.195 e. The first kappa shape index (κ1) is 15.9. The maximum absolute atomic E-state index is 5.45. The molecule has 0 spiro atoms. The second kappa shape index (κ2) is 8.71. The second-order valence-electron chi connectivity index (χ2n) is 4.68. The SMILES string of the molecule is COCCOCCCCn1c(-c2ccccc2)n[nH]c1=S. The van der Waals surface area contributed by atoms with Gasteiger partial charge in [-0.25, -0.2) is 0 Å². The molecule has 0 bridgehead atoms. The van der Waals surface area contributed by atoms with Gasteiger partial charge in [0, 0.05) is 25.8 Å². The van der Waals surface area contributed by atoms with Crippen LogP contribution in [0.3, 0.4) is 0 Å². The van der Waals surface area contributed by atoms with Gasteiger partial charge in [0.2, 0.25) is 0 Å². The number of methoxy groups -OCH3 is 1. The number of H-pyrrole nitrogens is 1. The van der Waals surface area contributed by atoms with Crippen LogP contribution in [-0.4, -0.2) is 41.7 Å². The highest BCUT2D eigenvalue weighted by atomic mass is 32.1. The number of nitrogens with one attached hydrogen (secondary N) is 1. The van der Waals surface area contributed by atoms with Crippen LogP contribution < -0.4 is 0 Å². The number of aromatic nitrogens is 3. The van der Waals surface area contributed by atoms with Gasteiger partial charge in [0.25, 0.3) is 0 Å². The van der Waals surface area contributed by atoms with Gasteiger partial charge in [0.15, 0.2) is 10.6 Å². The van der Waals surface area contributed by atoms with Crippen molar-refractivity contribution < 1.29 is 9.47 Å². The molecule has 0 atom stereocenters. The normalized spacial score (nSPS) is 10.9. The highest BCUT2D eigenvalue weighted by Gasteiger charge is 2.07. The fraction of sp³-hybridized carbons (Fsp3) is 0.467. The summed E-state index contributed by atoms with van der Waals surface area (Å²) in [6, 6.07) is 10.1. The number of ether oxygens (including phenoxy) is 2. The molecule has 1 aromatic heterocycles. The van der Waals surface area contributed by atoms with Crippen molar-refractivity contribution in [2.24, 2.45) is 0 Å². The van der Waals surface area contributed by atoms with Crippen LogP contribution in [0.4, 0.5) is 0 Å². The lowest BCUT2D eigenvalue weighted by atomic mass is 10.2. The molecule has 2 aromatic rings. The molecule has 0 radical (unpaired) electrons. The molecule has 21 heavy (non-hydrogen) atoms. The Morgan fingerprint density at radius 2 is 1.95 bits per heavy atom. The molecule has 1 N–H and O–H groups in total. The largest absolute Gasteiger partial charge is 0.382 e. The molecule has 0 saturated carbocycles. The van der Waals surface area contributed by atoms with Gasteiger partial charge in [-0.05, 0) is 25.1 Å². The molecule has 114 valence electrons. The Balaban J connectivity index is 1.86. The minimum absolute atomic E-state index is 0.644. The Morgan fingerprint density at radius 3 is 2.71 bits per heavy atom. The van der Waals surface area contributed by atoms with E-state index in [0.29, 0.717) is 18.0 Å². The topological polar surface area (TPSA) is 52.1 Å². The van der Waals surface area contributed by atoms with E-state index in [1.807, 2.05) is 34.9 Å². The molecule has 0 aliphatic carbocycles. The van der Waals surface area contributed by atoms with Crippen molar-refractivity contribution in [2.75, 3.05) is 26.9 Å². The average molecular weight is 307 g/mol. The van der Waals surface area contributed by atoms with Gasteiger partial charge < -0.3 is 14.0 Å². The van der Waals surface area contributed by atoms with Crippen LogP contribution in [0.5, 0.6) is 0 Å². The molecular weight excluding hydrogens is 286 g/mol. The highest BCUT2D eigenvalue weighted by molar-refractivity contribution is 7.71. The predicted molar refractivity (Wildman–Crippen MR) is 84.8 cm³/mol. The summed E-state index contributed by atoms with van der Waals surface area (Å²) in [7, 11) is 1.68. The molecule has 1 heterocycles. The van der Waals surface area contributed by atoms with Crippen molar-refractivity contribution in [1.82, 2.24) is 14.8 Å². The summed E-state index contributed by atoms with van der Waals surface area (Å²) in [6.07, 6.45) is 1.99. The number of nitrogens with zero attached hydrogens (tertiary/aromatic N) is 2. The van der Waals surface area contributed by atoms with Gasteiger partial charge in [-0.1, -0.05) is 30.3 Å². The molecule has 0 saturated heterocycles. The predicted octanol–water partition coefficient (Wildman–Crippen LogP) is 3.05. The fourth-order valence-corrected chi connectivity index (χ4v) is 2.27. The fourth-order valence-electron chi connectivity index (χ4n) is 2.05. The van der Waals surface area contributed by atoms with Gasteiger partial charge in [0.1, 0.15) is 0 Å². The summed E-state index contributed by atoms with van der Waals surface area (Å²) >= 11 is 5.31. The zero-order chi connectivity index (χ0) is 14.9. The third-order valence-corrected chi connectivity index (χ3v) is 3.45. The van der Waals surface area contributed by atoms with Crippen LogP contribution in [0, 0.1) is 4.77 Å². The summed E-state index contributed by atoms with van der Waals surface area (Å²) in [6.45, 7) is 2.88. The van der Waals surface area contributed by atoms with Crippen LogP contribution >= 0.6 is 12.2 Å². The Kier molecular flexibility index (Phi) is 6.59. The van der Waals surface area contributed by atoms with Gasteiger partial charge in [-0.2, -0.15) is 5.10 Å². The number of rotatable bonds is 9. The van der Waals surface area contributed by atoms with E-state index in [1.54, 1.807) is 7.11 Å². The number of benzene rings is 1. The minimum atomic E-state index is 0.644. The van der Waals surface area contributed by atoms with E-state index in [9.17, 15) is 0 Å². The zero-order valence-corrected chi connectivity index (χ0v) is 13.1. The Morgan fingerprint density at radius 1 is 1.14 bits per heavy atom. The second-order valence-corrected chi connectivity index (χ2v) is 5.07. The van der Waals surface area contributed by atoms with Gasteiger partial charge in [0.05, 0.1) is 13.2 Å². The molecular formula is C15H21N3O2S. The van der Waals surface area contributed by atoms with Crippen molar-refractivity contribution in [3.05, 3.63) is 35.1 Å². The lowest BCUT2D eigenvalue weighted by molar-refractivity contribution is 0.0684. The van der Waals surface area contributed by atoms with Crippen LogP contribution in [-0.2, 0) is 16.0 Å². The molecule has 2 rings (SSSR count). The first-order valence-electron chi connectivity index (χ1n) is 7.10. The van der Waals surface area contributed by atoms with Crippen molar-refractivity contribution in [3.63, 3.8) is 0 Å². The third kappa shape index (κ3) is 4.77. The van der Waals surface area contributed by atoms with Crippen LogP contribution in [0.1, 0.15) is 12.8 Å². The molecule has 0 aliphatic rings. The monoisotopic (exact) mass is 307 g/mol. The van der Waals surface area contributed by atoms with Crippen molar-refractivity contribution in [3.8, 4) is 11.4 Å². The lowest BCUT2D eigenvalue weighted by Gasteiger charge is -2.07. The van der Waals surface area contributed by atoms with E-state index in [1.165, 1.54) is 0 Å². The Bertz CT molecular complexity index is 580. The van der Waals surface area contributed by atoms with E-state index in [0.717, 1.165) is 37.4 Å². The van der Waals surface area contributed by atoms with Crippen molar-refractivity contribution >= 4 is 12.2 Å². The molecule has 6 heteroatoms. The van der Waals surface area contributed by atoms with E-state index in [4.69, 9.17) is 21.7 Å². The maximum atomic E-state index is 5.45. The number of unbranched alkanes of at least 4 members (excludes halogenated alkanes) is 1. The first-order chi connectivity index (χ1) is 10.3. The molecule has 0 amide bonds. The molecule has 1 aromatic carbocycles. The zero-order valence-electron chi connectivity index (χ0n) is 12.2. The molecule has 5 nitrogen and oxygen atoms in total. The highest BCUT2D eigenvalue weighted by Crippen LogP contribution is 2.17. The summed E-state index contributed by atoms with van der Waals surface area (Å²) in [5, 5.41) is 7.20. The number of hydrogen-bond acceptors (Lipinski definition) is 4. The van der Waals surface area contributed by atoms with E-state index in [-0.39, 0.29) is 0 Å². The van der Waals surface area contributed by atoms with E-state index < -0.39 is 0 Å². The molecule has 0 fully saturated rings. The van der Waals surface area contributed by atoms with Crippen LogP contribution in [0.2, 0.25) is 0 Å². The minimum Gasteiger partial charge on any atom is -0.382 e. The van der Waals surface area contributed by atoms with Crippen molar-refractivity contribution in [1.29, 1.82) is 0 Å². The Labute approximate surface area is 129 Å². The third-order valence-electron chi connectivity index (χ3n) is 3.14. The van der Waals surface area contributed by atoms with Crippen LogP contribution in [0.15, 0.2) is 30.3 Å². The van der Waals surface area contributed by atoms with Gasteiger partial charge >= 0.3 is 0 Å². The summed E-state index contributed by atoms with van der Waals surface area (Å²) < 4.78 is 13.1. The maximum Gasteiger partial charge on any atom is 0.195 e. The van der Waals surface area contributed by atoms with E-state index in [2.05, 4.69) is 10.2 Å². The quantitative estimate of drug-likeness (QED) is 0.571. The first-order valence-corrected chi connectivity index (χ1v) is 7.51. The lowest BCUT2D eigenvalue weighted by Crippen LogP contribution is -2.05.